The number of nitrogens with zero attached hydrogens (tertiary/aromatic N) is 1. The van der Waals surface area contributed by atoms with Crippen LogP contribution in [0, 0.1) is 0 Å². The van der Waals surface area contributed by atoms with Crippen molar-refractivity contribution in [3.63, 3.8) is 0 Å². The van der Waals surface area contributed by atoms with Gasteiger partial charge in [0.05, 0.1) is 7.11 Å². The Kier molecular flexibility index (Phi) is 4.34. The van der Waals surface area contributed by atoms with E-state index in [4.69, 9.17) is 14.6 Å². The quantitative estimate of drug-likeness (QED) is 0.847. The molecule has 0 aliphatic carbocycles. The third-order valence-corrected chi connectivity index (χ3v) is 2.48. The van der Waals surface area contributed by atoms with E-state index in [0.29, 0.717) is 22.9 Å². The van der Waals surface area contributed by atoms with E-state index < -0.39 is 5.97 Å². The number of methoxy groups -OCH3 is 1. The SMILES string of the molecule is COc1ccccc1Oc1ncccc1/C=C/C(=O)O. The fourth-order valence-electron chi connectivity index (χ4n) is 1.58. The summed E-state index contributed by atoms with van der Waals surface area (Å²) < 4.78 is 10.9. The molecule has 5 heteroatoms. The Hall–Kier alpha value is -2.82. The number of aliphatic carboxylic acids is 1. The van der Waals surface area contributed by atoms with E-state index in [1.54, 1.807) is 37.6 Å². The highest BCUT2D eigenvalue weighted by Crippen LogP contribution is 2.31. The second-order valence-electron chi connectivity index (χ2n) is 3.82. The van der Waals surface area contributed by atoms with Gasteiger partial charge in [-0.2, -0.15) is 0 Å². The van der Waals surface area contributed by atoms with Crippen LogP contribution in [0.5, 0.6) is 17.4 Å². The summed E-state index contributed by atoms with van der Waals surface area (Å²) in [6.07, 6.45) is 4.04. The summed E-state index contributed by atoms with van der Waals surface area (Å²) in [5, 5.41) is 8.67. The van der Waals surface area contributed by atoms with E-state index >= 15 is 0 Å². The lowest BCUT2D eigenvalue weighted by atomic mass is 10.2. The smallest absolute Gasteiger partial charge is 0.328 e. The highest BCUT2D eigenvalue weighted by molar-refractivity contribution is 5.85. The molecule has 2 aromatic rings. The summed E-state index contributed by atoms with van der Waals surface area (Å²) in [6, 6.07) is 10.6. The van der Waals surface area contributed by atoms with Crippen LogP contribution < -0.4 is 9.47 Å². The molecule has 1 heterocycles. The fraction of sp³-hybridized carbons (Fsp3) is 0.0667. The van der Waals surface area contributed by atoms with Crippen molar-refractivity contribution >= 4 is 12.0 Å². The molecule has 0 unspecified atom stereocenters. The van der Waals surface area contributed by atoms with Crippen molar-refractivity contribution in [1.82, 2.24) is 4.98 Å². The standard InChI is InChI=1S/C15H13NO4/c1-19-12-6-2-3-7-13(12)20-15-11(5-4-10-16-15)8-9-14(17)18/h2-10H,1H3,(H,17,18)/b9-8+. The van der Waals surface area contributed by atoms with Crippen molar-refractivity contribution in [2.75, 3.05) is 7.11 Å². The van der Waals surface area contributed by atoms with Crippen LogP contribution >= 0.6 is 0 Å². The van der Waals surface area contributed by atoms with Crippen LogP contribution in [0.15, 0.2) is 48.7 Å². The first-order valence-corrected chi connectivity index (χ1v) is 5.87. The van der Waals surface area contributed by atoms with Crippen LogP contribution in [0.2, 0.25) is 0 Å². The van der Waals surface area contributed by atoms with Gasteiger partial charge in [-0.05, 0) is 30.3 Å². The van der Waals surface area contributed by atoms with E-state index in [1.165, 1.54) is 6.08 Å². The average molecular weight is 271 g/mol. The minimum Gasteiger partial charge on any atom is -0.493 e. The number of ether oxygens (including phenoxy) is 2. The zero-order valence-corrected chi connectivity index (χ0v) is 10.8. The first-order valence-electron chi connectivity index (χ1n) is 5.87. The highest BCUT2D eigenvalue weighted by atomic mass is 16.5. The van der Waals surface area contributed by atoms with E-state index in [2.05, 4.69) is 4.98 Å². The van der Waals surface area contributed by atoms with Gasteiger partial charge in [0.1, 0.15) is 0 Å². The van der Waals surface area contributed by atoms with Crippen molar-refractivity contribution in [2.24, 2.45) is 0 Å². The van der Waals surface area contributed by atoms with Crippen molar-refractivity contribution in [1.29, 1.82) is 0 Å². The Morgan fingerprint density at radius 2 is 1.95 bits per heavy atom. The second kappa shape index (κ2) is 6.38. The summed E-state index contributed by atoms with van der Waals surface area (Å²) in [6.45, 7) is 0. The predicted molar refractivity (Wildman–Crippen MR) is 74.0 cm³/mol. The Balaban J connectivity index is 2.31. The molecule has 0 bridgehead atoms. The molecule has 1 N–H and O–H groups in total. The summed E-state index contributed by atoms with van der Waals surface area (Å²) >= 11 is 0. The molecule has 2 rings (SSSR count). The number of benzene rings is 1. The molecule has 0 spiro atoms. The fourth-order valence-corrected chi connectivity index (χ4v) is 1.58. The van der Waals surface area contributed by atoms with Gasteiger partial charge in [0, 0.05) is 17.8 Å². The van der Waals surface area contributed by atoms with Gasteiger partial charge in [-0.3, -0.25) is 0 Å². The zero-order chi connectivity index (χ0) is 14.4. The first kappa shape index (κ1) is 13.6. The number of carboxylic acid groups (broad SMARTS) is 1. The maximum Gasteiger partial charge on any atom is 0.328 e. The summed E-state index contributed by atoms with van der Waals surface area (Å²) in [4.78, 5) is 14.7. The molecule has 0 aliphatic heterocycles. The van der Waals surface area contributed by atoms with Crippen molar-refractivity contribution in [3.8, 4) is 17.4 Å². The predicted octanol–water partition coefficient (Wildman–Crippen LogP) is 2.98. The molecule has 1 aromatic heterocycles. The highest BCUT2D eigenvalue weighted by Gasteiger charge is 2.08. The van der Waals surface area contributed by atoms with Crippen molar-refractivity contribution in [2.45, 2.75) is 0 Å². The minimum absolute atomic E-state index is 0.314. The van der Waals surface area contributed by atoms with Gasteiger partial charge >= 0.3 is 5.97 Å². The molecule has 0 fully saturated rings. The van der Waals surface area contributed by atoms with Gasteiger partial charge in [0.25, 0.3) is 0 Å². The van der Waals surface area contributed by atoms with Gasteiger partial charge in [0.15, 0.2) is 11.5 Å². The molecule has 20 heavy (non-hydrogen) atoms. The number of rotatable bonds is 5. The molecule has 102 valence electrons. The lowest BCUT2D eigenvalue weighted by Crippen LogP contribution is -1.94. The van der Waals surface area contributed by atoms with Gasteiger partial charge in [-0.1, -0.05) is 12.1 Å². The Morgan fingerprint density at radius 1 is 1.20 bits per heavy atom. The Labute approximate surface area is 116 Å². The van der Waals surface area contributed by atoms with Crippen LogP contribution in [0.1, 0.15) is 5.56 Å². The van der Waals surface area contributed by atoms with Gasteiger partial charge in [0.2, 0.25) is 5.88 Å². The second-order valence-corrected chi connectivity index (χ2v) is 3.82. The van der Waals surface area contributed by atoms with Crippen molar-refractivity contribution in [3.05, 3.63) is 54.2 Å². The Morgan fingerprint density at radius 3 is 2.65 bits per heavy atom. The largest absolute Gasteiger partial charge is 0.493 e. The van der Waals surface area contributed by atoms with Gasteiger partial charge in [-0.25, -0.2) is 9.78 Å². The lowest BCUT2D eigenvalue weighted by Gasteiger charge is -2.10. The van der Waals surface area contributed by atoms with Crippen LogP contribution in [0.3, 0.4) is 0 Å². The normalized spacial score (nSPS) is 10.4. The number of hydrogen-bond donors (Lipinski definition) is 1. The molecule has 1 aromatic carbocycles. The zero-order valence-electron chi connectivity index (χ0n) is 10.8. The van der Waals surface area contributed by atoms with Crippen LogP contribution in [0.4, 0.5) is 0 Å². The molecule has 0 amide bonds. The van der Waals surface area contributed by atoms with Crippen LogP contribution in [-0.2, 0) is 4.79 Å². The van der Waals surface area contributed by atoms with E-state index in [9.17, 15) is 4.79 Å². The van der Waals surface area contributed by atoms with Gasteiger partial charge in [-0.15, -0.1) is 0 Å². The molecule has 5 nitrogen and oxygen atoms in total. The lowest BCUT2D eigenvalue weighted by molar-refractivity contribution is -0.131. The average Bonchev–Trinajstić information content (AvgIpc) is 2.47. The van der Waals surface area contributed by atoms with E-state index in [-0.39, 0.29) is 0 Å². The van der Waals surface area contributed by atoms with Crippen LogP contribution in [0.25, 0.3) is 6.08 Å². The topological polar surface area (TPSA) is 68.7 Å². The number of aromatic nitrogens is 1. The maximum atomic E-state index is 10.6. The minimum atomic E-state index is -1.03. The maximum absolute atomic E-state index is 10.6. The molecule has 0 radical (unpaired) electrons. The summed E-state index contributed by atoms with van der Waals surface area (Å²) in [5.74, 6) is 0.372. The molecular weight excluding hydrogens is 258 g/mol. The van der Waals surface area contributed by atoms with Gasteiger partial charge < -0.3 is 14.6 Å². The summed E-state index contributed by atoms with van der Waals surface area (Å²) in [7, 11) is 1.55. The monoisotopic (exact) mass is 271 g/mol. The number of carbonyl (C=O) groups is 1. The Bertz CT molecular complexity index is 637. The molecule has 0 atom stereocenters. The number of para-hydroxylation sites is 2. The number of hydrogen-bond acceptors (Lipinski definition) is 4. The number of carboxylic acids is 1. The van der Waals surface area contributed by atoms with Crippen molar-refractivity contribution < 1.29 is 19.4 Å². The molecular formula is C15H13NO4. The molecule has 0 saturated heterocycles. The molecule has 0 aliphatic rings. The summed E-state index contributed by atoms with van der Waals surface area (Å²) in [5.41, 5.74) is 0.570. The van der Waals surface area contributed by atoms with Crippen LogP contribution in [-0.4, -0.2) is 23.2 Å². The molecule has 0 saturated carbocycles. The third kappa shape index (κ3) is 3.35. The number of pyridine rings is 1. The first-order chi connectivity index (χ1) is 9.70. The van der Waals surface area contributed by atoms with E-state index in [0.717, 1.165) is 6.08 Å². The van der Waals surface area contributed by atoms with E-state index in [1.807, 2.05) is 12.1 Å². The third-order valence-electron chi connectivity index (χ3n) is 2.48.